The fourth-order valence-electron chi connectivity index (χ4n) is 15.6. The fraction of sp³-hybridized carbons (Fsp3) is 0.947. The molecule has 2 N–H and O–H groups in total. The highest BCUT2D eigenvalue weighted by Gasteiger charge is 2.44. The van der Waals surface area contributed by atoms with Crippen molar-refractivity contribution in [2.75, 3.05) is 6.61 Å². The average molecular weight is 939 g/mol. The van der Waals surface area contributed by atoms with Crippen LogP contribution >= 0.6 is 0 Å². The molecule has 8 fully saturated rings. The van der Waals surface area contributed by atoms with E-state index in [2.05, 4.69) is 13.8 Å². The van der Waals surface area contributed by atoms with E-state index >= 15 is 0 Å². The Kier molecular flexibility index (Phi) is 19.3. The van der Waals surface area contributed by atoms with E-state index in [4.69, 9.17) is 24.0 Å². The number of aliphatic carboxylic acids is 2. The van der Waals surface area contributed by atoms with Gasteiger partial charge in [0.15, 0.2) is 0 Å². The van der Waals surface area contributed by atoms with Gasteiger partial charge in [-0.2, -0.15) is 0 Å². The van der Waals surface area contributed by atoms with Crippen molar-refractivity contribution in [3.05, 3.63) is 0 Å². The van der Waals surface area contributed by atoms with Gasteiger partial charge in [0.1, 0.15) is 6.10 Å². The molecular weight excluding hydrogens is 845 g/mol. The van der Waals surface area contributed by atoms with E-state index in [9.17, 15) is 24.6 Å². The van der Waals surface area contributed by atoms with E-state index in [1.807, 2.05) is 0 Å². The van der Waals surface area contributed by atoms with Crippen LogP contribution in [0.3, 0.4) is 0 Å². The Bertz CT molecular complexity index is 1510. The number of hydrogen-bond donors (Lipinski definition) is 2. The summed E-state index contributed by atoms with van der Waals surface area (Å²) in [6, 6.07) is 0. The van der Waals surface area contributed by atoms with Crippen LogP contribution in [0.1, 0.15) is 232 Å². The van der Waals surface area contributed by atoms with Crippen LogP contribution in [-0.2, 0) is 38.4 Å². The van der Waals surface area contributed by atoms with E-state index in [1.54, 1.807) is 0 Å². The highest BCUT2D eigenvalue weighted by Crippen LogP contribution is 2.50. The Hall–Kier alpha value is -1.75. The molecule has 10 nitrogen and oxygen atoms in total. The molecule has 0 aliphatic heterocycles. The second kappa shape index (κ2) is 25.1. The molecule has 0 radical (unpaired) electrons. The van der Waals surface area contributed by atoms with Gasteiger partial charge in [0.05, 0.1) is 54.9 Å². The van der Waals surface area contributed by atoms with Gasteiger partial charge in [-0.05, 0) is 195 Å². The zero-order valence-electron chi connectivity index (χ0n) is 42.1. The normalized spacial score (nSPS) is 38.8. The summed E-state index contributed by atoms with van der Waals surface area (Å²) >= 11 is 0. The highest BCUT2D eigenvalue weighted by molar-refractivity contribution is 5.81. The largest absolute Gasteiger partial charge is 0.481 e. The highest BCUT2D eigenvalue weighted by atomic mass is 17.2. The van der Waals surface area contributed by atoms with Gasteiger partial charge in [-0.3, -0.25) is 14.4 Å². The van der Waals surface area contributed by atoms with Gasteiger partial charge < -0.3 is 24.4 Å². The third-order valence-corrected chi connectivity index (χ3v) is 20.0. The predicted octanol–water partition coefficient (Wildman–Crippen LogP) is 13.5. The Labute approximate surface area is 405 Å². The van der Waals surface area contributed by atoms with Gasteiger partial charge in [-0.15, -0.1) is 0 Å². The second-order valence-corrected chi connectivity index (χ2v) is 24.7. The number of carbonyl (C=O) groups excluding carboxylic acids is 1. The molecule has 6 unspecified atom stereocenters. The average Bonchev–Trinajstić information content (AvgIpc) is 3.34. The van der Waals surface area contributed by atoms with Crippen molar-refractivity contribution < 1.29 is 48.6 Å². The van der Waals surface area contributed by atoms with Gasteiger partial charge in [-0.25, -0.2) is 9.78 Å². The summed E-state index contributed by atoms with van der Waals surface area (Å²) in [4.78, 5) is 49.7. The molecule has 8 aliphatic rings. The Morgan fingerprint density at radius 2 is 0.851 bits per heavy atom. The number of rotatable bonds is 18. The maximum atomic E-state index is 13.4. The topological polar surface area (TPSA) is 138 Å². The smallest absolute Gasteiger partial charge is 0.310 e. The van der Waals surface area contributed by atoms with Gasteiger partial charge >= 0.3 is 17.9 Å². The molecule has 67 heavy (non-hydrogen) atoms. The van der Waals surface area contributed by atoms with Crippen molar-refractivity contribution in [3.8, 4) is 0 Å². The molecule has 0 amide bonds. The maximum Gasteiger partial charge on any atom is 0.310 e. The van der Waals surface area contributed by atoms with Gasteiger partial charge in [-0.1, -0.05) is 84.5 Å². The second-order valence-electron chi connectivity index (χ2n) is 24.7. The first-order valence-electron chi connectivity index (χ1n) is 28.7. The first-order valence-corrected chi connectivity index (χ1v) is 28.7. The number of carboxylic acids is 2. The minimum Gasteiger partial charge on any atom is -0.481 e. The lowest BCUT2D eigenvalue weighted by Crippen LogP contribution is -2.41. The summed E-state index contributed by atoms with van der Waals surface area (Å²) in [5.74, 6) is 0.812. The fourth-order valence-corrected chi connectivity index (χ4v) is 15.6. The molecule has 0 bridgehead atoms. The van der Waals surface area contributed by atoms with Gasteiger partial charge in [0, 0.05) is 0 Å². The van der Waals surface area contributed by atoms with E-state index < -0.39 is 23.8 Å². The van der Waals surface area contributed by atoms with Crippen LogP contribution < -0.4 is 0 Å². The zero-order valence-corrected chi connectivity index (χ0v) is 42.1. The molecule has 8 aliphatic carbocycles. The summed E-state index contributed by atoms with van der Waals surface area (Å²) in [5, 5.41) is 20.2. The predicted molar refractivity (Wildman–Crippen MR) is 259 cm³/mol. The first kappa shape index (κ1) is 51.6. The molecule has 10 heteroatoms. The maximum absolute atomic E-state index is 13.4. The van der Waals surface area contributed by atoms with Crippen molar-refractivity contribution in [2.45, 2.75) is 269 Å². The standard InChI is InChI=1S/C57H94O10/c1-57(2,43-16-20-45(21-17-43)64-47-24-26-49(27-25-47)66-56(62)51-32-14-41(36-53(51)55(60)61)34-39-11-7-4-8-12-39)44-18-22-46(23-19-44)65-48-28-30-50(31-29-48)67-63-37-42-15-13-40(35-52(42)54(58)59)33-38-9-5-3-6-10-38/h38-53H,3-37H2,1-2H3,(H,58,59)(H,60,61). The molecule has 0 heterocycles. The summed E-state index contributed by atoms with van der Waals surface area (Å²) in [6.45, 7) is 5.45. The summed E-state index contributed by atoms with van der Waals surface area (Å²) < 4.78 is 19.5. The van der Waals surface area contributed by atoms with Crippen LogP contribution in [-0.4, -0.2) is 71.4 Å². The van der Waals surface area contributed by atoms with Gasteiger partial charge in [0.25, 0.3) is 0 Å². The van der Waals surface area contributed by atoms with Gasteiger partial charge in [0.2, 0.25) is 0 Å². The molecule has 8 rings (SSSR count). The molecule has 0 aromatic rings. The molecule has 6 atom stereocenters. The molecule has 0 aromatic heterocycles. The summed E-state index contributed by atoms with van der Waals surface area (Å²) in [7, 11) is 0. The lowest BCUT2D eigenvalue weighted by Gasteiger charge is -2.47. The molecule has 8 saturated carbocycles. The van der Waals surface area contributed by atoms with E-state index in [0.717, 1.165) is 133 Å². The molecule has 0 saturated heterocycles. The van der Waals surface area contributed by atoms with Crippen LogP contribution in [0.2, 0.25) is 0 Å². The van der Waals surface area contributed by atoms with E-state index in [1.165, 1.54) is 96.3 Å². The van der Waals surface area contributed by atoms with Crippen molar-refractivity contribution in [3.63, 3.8) is 0 Å². The van der Waals surface area contributed by atoms with E-state index in [0.29, 0.717) is 55.0 Å². The number of ether oxygens (including phenoxy) is 3. The molecule has 382 valence electrons. The van der Waals surface area contributed by atoms with Crippen LogP contribution in [0, 0.1) is 64.6 Å². The summed E-state index contributed by atoms with van der Waals surface area (Å²) in [5.41, 5.74) is 0.306. The van der Waals surface area contributed by atoms with E-state index in [-0.39, 0.29) is 36.1 Å². The van der Waals surface area contributed by atoms with Crippen molar-refractivity contribution >= 4 is 17.9 Å². The third kappa shape index (κ3) is 14.7. The molecule has 0 aromatic carbocycles. The van der Waals surface area contributed by atoms with Crippen molar-refractivity contribution in [2.24, 2.45) is 64.6 Å². The third-order valence-electron chi connectivity index (χ3n) is 20.0. The Morgan fingerprint density at radius 1 is 0.433 bits per heavy atom. The lowest BCUT2D eigenvalue weighted by atomic mass is 9.60. The number of carboxylic acid groups (broad SMARTS) is 2. The molecular formula is C57H94O10. The van der Waals surface area contributed by atoms with Crippen LogP contribution in [0.5, 0.6) is 0 Å². The Balaban J connectivity index is 0.665. The van der Waals surface area contributed by atoms with Crippen LogP contribution in [0.4, 0.5) is 0 Å². The number of carbonyl (C=O) groups is 3. The minimum absolute atomic E-state index is 0.0429. The lowest BCUT2D eigenvalue weighted by molar-refractivity contribution is -0.338. The quantitative estimate of drug-likeness (QED) is 0.0776. The van der Waals surface area contributed by atoms with Crippen molar-refractivity contribution in [1.82, 2.24) is 0 Å². The number of esters is 1. The van der Waals surface area contributed by atoms with Crippen LogP contribution in [0.15, 0.2) is 0 Å². The molecule has 0 spiro atoms. The first-order chi connectivity index (χ1) is 32.5. The summed E-state index contributed by atoms with van der Waals surface area (Å²) in [6.07, 6.45) is 38.6. The Morgan fingerprint density at radius 3 is 1.33 bits per heavy atom. The zero-order chi connectivity index (χ0) is 46.8. The SMILES string of the molecule is CC(C)(C1CCC(OC2CCC(OOCC3CCC(CC4CCCCC4)CC3C(=O)O)CC2)CC1)C1CCC(OC2CCC(OC(=O)C3CCC(CC4CCCCC4)CC3C(=O)O)CC2)CC1. The minimum atomic E-state index is -0.825. The number of hydrogen-bond acceptors (Lipinski definition) is 8. The van der Waals surface area contributed by atoms with Crippen LogP contribution in [0.25, 0.3) is 0 Å². The monoisotopic (exact) mass is 939 g/mol. The van der Waals surface area contributed by atoms with Crippen molar-refractivity contribution in [1.29, 1.82) is 0 Å².